The zero-order valence-corrected chi connectivity index (χ0v) is 14.6. The zero-order chi connectivity index (χ0) is 18.3. The molecule has 1 aromatic heterocycles. The fraction of sp³-hybridized carbons (Fsp3) is 0.238. The van der Waals surface area contributed by atoms with Crippen molar-refractivity contribution in [1.82, 2.24) is 9.47 Å². The van der Waals surface area contributed by atoms with Crippen LogP contribution in [-0.2, 0) is 24.3 Å². The SMILES string of the molecule is CC(=O)N1CCc2c(c3ccccc3n2Cc2ccccc2C(=O)O)C1. The fourth-order valence-corrected chi connectivity index (χ4v) is 3.89. The molecule has 0 bridgehead atoms. The highest BCUT2D eigenvalue weighted by Crippen LogP contribution is 2.32. The zero-order valence-electron chi connectivity index (χ0n) is 14.6. The van der Waals surface area contributed by atoms with E-state index in [0.717, 1.165) is 22.9 Å². The van der Waals surface area contributed by atoms with E-state index in [0.29, 0.717) is 25.2 Å². The summed E-state index contributed by atoms with van der Waals surface area (Å²) in [5.41, 5.74) is 4.58. The van der Waals surface area contributed by atoms with E-state index in [4.69, 9.17) is 0 Å². The lowest BCUT2D eigenvalue weighted by Crippen LogP contribution is -2.34. The fourth-order valence-electron chi connectivity index (χ4n) is 3.89. The number of rotatable bonds is 3. The lowest BCUT2D eigenvalue weighted by Gasteiger charge is -2.27. The maximum atomic E-state index is 11.8. The summed E-state index contributed by atoms with van der Waals surface area (Å²) >= 11 is 0. The van der Waals surface area contributed by atoms with Crippen molar-refractivity contribution in [2.24, 2.45) is 0 Å². The lowest BCUT2D eigenvalue weighted by molar-refractivity contribution is -0.129. The molecule has 0 aliphatic carbocycles. The molecule has 4 rings (SSSR count). The van der Waals surface area contributed by atoms with Crippen LogP contribution in [0.15, 0.2) is 48.5 Å². The van der Waals surface area contributed by atoms with Gasteiger partial charge in [-0.25, -0.2) is 4.79 Å². The average Bonchev–Trinajstić information content (AvgIpc) is 2.95. The molecule has 0 atom stereocenters. The largest absolute Gasteiger partial charge is 0.478 e. The van der Waals surface area contributed by atoms with Crippen molar-refractivity contribution in [2.75, 3.05) is 6.54 Å². The first-order chi connectivity index (χ1) is 12.6. The van der Waals surface area contributed by atoms with Crippen molar-refractivity contribution in [3.05, 3.63) is 70.9 Å². The molecule has 2 aromatic carbocycles. The van der Waals surface area contributed by atoms with Crippen LogP contribution in [0.5, 0.6) is 0 Å². The van der Waals surface area contributed by atoms with Crippen LogP contribution in [0.4, 0.5) is 0 Å². The lowest BCUT2D eigenvalue weighted by atomic mass is 10.0. The number of amides is 1. The van der Waals surface area contributed by atoms with Crippen LogP contribution in [0.25, 0.3) is 10.9 Å². The normalized spacial score (nSPS) is 13.7. The second-order valence-electron chi connectivity index (χ2n) is 6.68. The third-order valence-electron chi connectivity index (χ3n) is 5.18. The van der Waals surface area contributed by atoms with Crippen LogP contribution in [-0.4, -0.2) is 33.0 Å². The molecule has 3 aromatic rings. The number of carboxylic acid groups (broad SMARTS) is 1. The monoisotopic (exact) mass is 348 g/mol. The number of carbonyl (C=O) groups is 2. The Hall–Kier alpha value is -3.08. The molecular formula is C21H20N2O3. The van der Waals surface area contributed by atoms with Crippen LogP contribution in [0.3, 0.4) is 0 Å². The van der Waals surface area contributed by atoms with E-state index in [1.807, 2.05) is 29.2 Å². The quantitative estimate of drug-likeness (QED) is 0.790. The predicted molar refractivity (Wildman–Crippen MR) is 99.2 cm³/mol. The van der Waals surface area contributed by atoms with Crippen LogP contribution >= 0.6 is 0 Å². The van der Waals surface area contributed by atoms with E-state index in [9.17, 15) is 14.7 Å². The molecule has 5 nitrogen and oxygen atoms in total. The molecule has 1 aliphatic rings. The second-order valence-corrected chi connectivity index (χ2v) is 6.68. The maximum absolute atomic E-state index is 11.8. The van der Waals surface area contributed by atoms with Gasteiger partial charge in [0.15, 0.2) is 0 Å². The Morgan fingerprint density at radius 3 is 2.58 bits per heavy atom. The summed E-state index contributed by atoms with van der Waals surface area (Å²) < 4.78 is 2.21. The van der Waals surface area contributed by atoms with Gasteiger partial charge in [-0.15, -0.1) is 0 Å². The number of hydrogen-bond acceptors (Lipinski definition) is 2. The number of carbonyl (C=O) groups excluding carboxylic acids is 1. The van der Waals surface area contributed by atoms with Gasteiger partial charge in [-0.2, -0.15) is 0 Å². The Kier molecular flexibility index (Phi) is 3.99. The number of aromatic nitrogens is 1. The molecule has 0 spiro atoms. The first kappa shape index (κ1) is 16.4. The van der Waals surface area contributed by atoms with Gasteiger partial charge < -0.3 is 14.6 Å². The molecule has 1 aliphatic heterocycles. The Morgan fingerprint density at radius 1 is 1.08 bits per heavy atom. The Morgan fingerprint density at radius 2 is 1.81 bits per heavy atom. The molecule has 0 saturated heterocycles. The van der Waals surface area contributed by atoms with Crippen LogP contribution < -0.4 is 0 Å². The van der Waals surface area contributed by atoms with Crippen molar-refractivity contribution < 1.29 is 14.7 Å². The van der Waals surface area contributed by atoms with Gasteiger partial charge in [0.1, 0.15) is 0 Å². The van der Waals surface area contributed by atoms with E-state index in [1.165, 1.54) is 11.3 Å². The third kappa shape index (κ3) is 2.65. The number of carboxylic acids is 1. The summed E-state index contributed by atoms with van der Waals surface area (Å²) in [6.45, 7) is 3.42. The summed E-state index contributed by atoms with van der Waals surface area (Å²) in [5.74, 6) is -0.822. The summed E-state index contributed by atoms with van der Waals surface area (Å²) in [5, 5.41) is 10.6. The molecule has 1 N–H and O–H groups in total. The summed E-state index contributed by atoms with van der Waals surface area (Å²) in [4.78, 5) is 25.2. The van der Waals surface area contributed by atoms with Gasteiger partial charge in [-0.3, -0.25) is 4.79 Å². The number of para-hydroxylation sites is 1. The maximum Gasteiger partial charge on any atom is 0.336 e. The van der Waals surface area contributed by atoms with E-state index in [1.54, 1.807) is 19.1 Å². The highest BCUT2D eigenvalue weighted by molar-refractivity contribution is 5.90. The first-order valence-corrected chi connectivity index (χ1v) is 8.72. The number of hydrogen-bond donors (Lipinski definition) is 1. The topological polar surface area (TPSA) is 62.5 Å². The molecule has 0 fully saturated rings. The standard InChI is InChI=1S/C21H20N2O3/c1-14(24)22-11-10-20-18(13-22)17-8-4-5-9-19(17)23(20)12-15-6-2-3-7-16(15)21(25)26/h2-9H,10-13H2,1H3,(H,25,26). The Bertz CT molecular complexity index is 1020. The Labute approximate surface area is 151 Å². The van der Waals surface area contributed by atoms with Gasteiger partial charge in [0.2, 0.25) is 5.91 Å². The third-order valence-corrected chi connectivity index (χ3v) is 5.18. The number of benzene rings is 2. The number of fused-ring (bicyclic) bond motifs is 3. The van der Waals surface area contributed by atoms with Gasteiger partial charge in [-0.05, 0) is 17.7 Å². The first-order valence-electron chi connectivity index (χ1n) is 8.72. The molecule has 132 valence electrons. The van der Waals surface area contributed by atoms with Crippen molar-refractivity contribution >= 4 is 22.8 Å². The van der Waals surface area contributed by atoms with Gasteiger partial charge in [0, 0.05) is 55.1 Å². The van der Waals surface area contributed by atoms with E-state index in [-0.39, 0.29) is 5.91 Å². The molecule has 2 heterocycles. The molecule has 0 saturated carbocycles. The van der Waals surface area contributed by atoms with Gasteiger partial charge in [-0.1, -0.05) is 36.4 Å². The molecule has 0 unspecified atom stereocenters. The molecule has 0 radical (unpaired) electrons. The second kappa shape index (κ2) is 6.33. The summed E-state index contributed by atoms with van der Waals surface area (Å²) in [6, 6.07) is 15.3. The highest BCUT2D eigenvalue weighted by Gasteiger charge is 2.25. The van der Waals surface area contributed by atoms with E-state index < -0.39 is 5.97 Å². The highest BCUT2D eigenvalue weighted by atomic mass is 16.4. The van der Waals surface area contributed by atoms with E-state index >= 15 is 0 Å². The van der Waals surface area contributed by atoms with Crippen LogP contribution in [0.2, 0.25) is 0 Å². The average molecular weight is 348 g/mol. The van der Waals surface area contributed by atoms with Gasteiger partial charge >= 0.3 is 5.97 Å². The number of aromatic carboxylic acids is 1. The smallest absolute Gasteiger partial charge is 0.336 e. The minimum atomic E-state index is -0.909. The van der Waals surface area contributed by atoms with Gasteiger partial charge in [0.25, 0.3) is 0 Å². The van der Waals surface area contributed by atoms with Crippen LogP contribution in [0, 0.1) is 0 Å². The van der Waals surface area contributed by atoms with E-state index in [2.05, 4.69) is 16.7 Å². The minimum absolute atomic E-state index is 0.0868. The van der Waals surface area contributed by atoms with Crippen LogP contribution in [0.1, 0.15) is 34.1 Å². The predicted octanol–water partition coefficient (Wildman–Crippen LogP) is 3.29. The van der Waals surface area contributed by atoms with Gasteiger partial charge in [0.05, 0.1) is 5.56 Å². The van der Waals surface area contributed by atoms with Crippen molar-refractivity contribution in [2.45, 2.75) is 26.4 Å². The minimum Gasteiger partial charge on any atom is -0.478 e. The van der Waals surface area contributed by atoms with Crippen molar-refractivity contribution in [1.29, 1.82) is 0 Å². The summed E-state index contributed by atoms with van der Waals surface area (Å²) in [7, 11) is 0. The summed E-state index contributed by atoms with van der Waals surface area (Å²) in [6.07, 6.45) is 0.777. The van der Waals surface area contributed by atoms with Crippen molar-refractivity contribution in [3.63, 3.8) is 0 Å². The number of nitrogens with zero attached hydrogens (tertiary/aromatic N) is 2. The Balaban J connectivity index is 1.85. The van der Waals surface area contributed by atoms with Crippen molar-refractivity contribution in [3.8, 4) is 0 Å². The molecule has 5 heteroatoms. The molecular weight excluding hydrogens is 328 g/mol. The molecule has 26 heavy (non-hydrogen) atoms. The molecule has 1 amide bonds.